The van der Waals surface area contributed by atoms with E-state index in [0.29, 0.717) is 28.5 Å². The number of nitrogens with zero attached hydrogens (tertiary/aromatic N) is 2. The van der Waals surface area contributed by atoms with Crippen molar-refractivity contribution in [1.82, 2.24) is 9.38 Å². The Morgan fingerprint density at radius 2 is 1.74 bits per heavy atom. The molecule has 2 heterocycles. The second-order valence-corrected chi connectivity index (χ2v) is 9.43. The van der Waals surface area contributed by atoms with Gasteiger partial charge in [0.25, 0.3) is 0 Å². The summed E-state index contributed by atoms with van der Waals surface area (Å²) in [5.74, 6) is 0.949. The normalized spacial score (nSPS) is 11.3. The fourth-order valence-corrected chi connectivity index (χ4v) is 4.27. The number of carbonyl (C=O) groups is 1. The zero-order valence-corrected chi connectivity index (χ0v) is 19.9. The van der Waals surface area contributed by atoms with Crippen LogP contribution in [0.3, 0.4) is 0 Å². The fourth-order valence-electron chi connectivity index (χ4n) is 3.71. The van der Waals surface area contributed by atoms with Crippen LogP contribution in [0.1, 0.15) is 6.92 Å². The lowest BCUT2D eigenvalue weighted by molar-refractivity contribution is -0.114. The van der Waals surface area contributed by atoms with Gasteiger partial charge in [0.15, 0.2) is 17.1 Å². The van der Waals surface area contributed by atoms with Gasteiger partial charge in [-0.3, -0.25) is 13.9 Å². The SMILES string of the molecule is COc1ccc(-c2cnc3c(NC(C)=O)cc(-c4cccc(NS(C)(=O)=O)c4)cn23)cc1OC. The van der Waals surface area contributed by atoms with Crippen LogP contribution in [0.15, 0.2) is 60.9 Å². The molecule has 10 heteroatoms. The average molecular weight is 481 g/mol. The lowest BCUT2D eigenvalue weighted by Gasteiger charge is -2.13. The minimum Gasteiger partial charge on any atom is -0.493 e. The van der Waals surface area contributed by atoms with Gasteiger partial charge in [0.05, 0.1) is 38.1 Å². The van der Waals surface area contributed by atoms with Crippen LogP contribution in [0.5, 0.6) is 11.5 Å². The van der Waals surface area contributed by atoms with E-state index in [4.69, 9.17) is 9.47 Å². The van der Waals surface area contributed by atoms with E-state index in [1.165, 1.54) is 6.92 Å². The van der Waals surface area contributed by atoms with Crippen molar-refractivity contribution in [3.8, 4) is 33.9 Å². The molecule has 34 heavy (non-hydrogen) atoms. The first-order chi connectivity index (χ1) is 16.2. The van der Waals surface area contributed by atoms with Crippen LogP contribution < -0.4 is 19.5 Å². The van der Waals surface area contributed by atoms with Crippen LogP contribution in [-0.2, 0) is 14.8 Å². The fraction of sp³-hybridized carbons (Fsp3) is 0.167. The van der Waals surface area contributed by atoms with Crippen molar-refractivity contribution in [2.24, 2.45) is 0 Å². The van der Waals surface area contributed by atoms with Gasteiger partial charge in [-0.2, -0.15) is 0 Å². The Morgan fingerprint density at radius 3 is 2.41 bits per heavy atom. The van der Waals surface area contributed by atoms with Gasteiger partial charge in [-0.15, -0.1) is 0 Å². The molecule has 0 saturated carbocycles. The minimum absolute atomic E-state index is 0.234. The van der Waals surface area contributed by atoms with Crippen molar-refractivity contribution in [3.05, 3.63) is 60.9 Å². The molecule has 4 rings (SSSR count). The van der Waals surface area contributed by atoms with Gasteiger partial charge >= 0.3 is 0 Å². The Labute approximate surface area is 197 Å². The zero-order chi connectivity index (χ0) is 24.5. The molecule has 0 aliphatic rings. The van der Waals surface area contributed by atoms with Crippen molar-refractivity contribution >= 4 is 33.0 Å². The molecule has 2 aromatic heterocycles. The number of fused-ring (bicyclic) bond motifs is 1. The Morgan fingerprint density at radius 1 is 0.971 bits per heavy atom. The van der Waals surface area contributed by atoms with E-state index in [1.54, 1.807) is 38.6 Å². The van der Waals surface area contributed by atoms with Crippen LogP contribution >= 0.6 is 0 Å². The summed E-state index contributed by atoms with van der Waals surface area (Å²) in [4.78, 5) is 16.4. The second kappa shape index (κ2) is 9.06. The van der Waals surface area contributed by atoms with E-state index in [9.17, 15) is 13.2 Å². The first-order valence-electron chi connectivity index (χ1n) is 10.3. The molecular weight excluding hydrogens is 456 g/mol. The number of methoxy groups -OCH3 is 2. The highest BCUT2D eigenvalue weighted by atomic mass is 32.2. The van der Waals surface area contributed by atoms with E-state index in [-0.39, 0.29) is 5.91 Å². The standard InChI is InChI=1S/C24H24N4O5S/c1-15(29)26-20-11-18(16-6-5-7-19(10-16)27-34(4,30)31)14-28-21(13-25-24(20)28)17-8-9-22(32-2)23(12-17)33-3/h5-14,27H,1-4H3,(H,26,29). The highest BCUT2D eigenvalue weighted by Gasteiger charge is 2.15. The molecule has 0 aliphatic carbocycles. The van der Waals surface area contributed by atoms with E-state index in [0.717, 1.165) is 28.6 Å². The summed E-state index contributed by atoms with van der Waals surface area (Å²) in [5.41, 5.74) is 4.65. The largest absolute Gasteiger partial charge is 0.493 e. The molecule has 0 atom stereocenters. The number of sulfonamides is 1. The first-order valence-corrected chi connectivity index (χ1v) is 12.2. The molecule has 0 bridgehead atoms. The highest BCUT2D eigenvalue weighted by molar-refractivity contribution is 7.92. The number of benzene rings is 2. The summed E-state index contributed by atoms with van der Waals surface area (Å²) < 4.78 is 38.5. The van der Waals surface area contributed by atoms with Crippen LogP contribution in [0.25, 0.3) is 28.0 Å². The molecule has 176 valence electrons. The number of rotatable bonds is 7. The number of nitrogens with one attached hydrogen (secondary N) is 2. The van der Waals surface area contributed by atoms with Crippen molar-refractivity contribution < 1.29 is 22.7 Å². The van der Waals surface area contributed by atoms with Gasteiger partial charge < -0.3 is 14.8 Å². The smallest absolute Gasteiger partial charge is 0.229 e. The molecule has 0 saturated heterocycles. The summed E-state index contributed by atoms with van der Waals surface area (Å²) in [6, 6.07) is 14.4. The van der Waals surface area contributed by atoms with E-state index in [1.807, 2.05) is 40.9 Å². The van der Waals surface area contributed by atoms with Crippen LogP contribution in [0, 0.1) is 0 Å². The number of hydrogen-bond donors (Lipinski definition) is 2. The maximum Gasteiger partial charge on any atom is 0.229 e. The Balaban J connectivity index is 1.90. The van der Waals surface area contributed by atoms with Gasteiger partial charge in [-0.05, 0) is 42.0 Å². The Kier molecular flexibility index (Phi) is 6.16. The number of amides is 1. The third kappa shape index (κ3) is 4.81. The third-order valence-corrected chi connectivity index (χ3v) is 5.70. The minimum atomic E-state index is -3.43. The van der Waals surface area contributed by atoms with Crippen LogP contribution in [-0.4, -0.2) is 44.2 Å². The molecular formula is C24H24N4O5S. The molecule has 0 radical (unpaired) electrons. The van der Waals surface area contributed by atoms with Crippen molar-refractivity contribution in [3.63, 3.8) is 0 Å². The quantitative estimate of drug-likeness (QED) is 0.413. The van der Waals surface area contributed by atoms with Gasteiger partial charge in [0.2, 0.25) is 15.9 Å². The monoisotopic (exact) mass is 480 g/mol. The summed E-state index contributed by atoms with van der Waals surface area (Å²) in [6.45, 7) is 1.43. The Hall–Kier alpha value is -4.05. The molecule has 0 aliphatic heterocycles. The number of aromatic nitrogens is 2. The number of hydrogen-bond acceptors (Lipinski definition) is 6. The van der Waals surface area contributed by atoms with Gasteiger partial charge in [-0.25, -0.2) is 13.4 Å². The van der Waals surface area contributed by atoms with Gasteiger partial charge in [-0.1, -0.05) is 12.1 Å². The second-order valence-electron chi connectivity index (χ2n) is 7.69. The maximum absolute atomic E-state index is 11.9. The third-order valence-electron chi connectivity index (χ3n) is 5.09. The first kappa shape index (κ1) is 23.1. The molecule has 2 aromatic carbocycles. The van der Waals surface area contributed by atoms with Crippen LogP contribution in [0.4, 0.5) is 11.4 Å². The molecule has 0 spiro atoms. The van der Waals surface area contributed by atoms with Gasteiger partial charge in [0, 0.05) is 29.9 Å². The zero-order valence-electron chi connectivity index (χ0n) is 19.1. The molecule has 0 unspecified atom stereocenters. The van der Waals surface area contributed by atoms with Gasteiger partial charge in [0.1, 0.15) is 0 Å². The molecule has 2 N–H and O–H groups in total. The van der Waals surface area contributed by atoms with E-state index < -0.39 is 10.0 Å². The number of anilines is 2. The predicted octanol–water partition coefficient (Wildman–Crippen LogP) is 4.02. The summed E-state index contributed by atoms with van der Waals surface area (Å²) in [5, 5.41) is 2.84. The highest BCUT2D eigenvalue weighted by Crippen LogP contribution is 2.35. The summed E-state index contributed by atoms with van der Waals surface area (Å²) in [7, 11) is -0.281. The van der Waals surface area contributed by atoms with Crippen molar-refractivity contribution in [1.29, 1.82) is 0 Å². The molecule has 0 fully saturated rings. The number of ether oxygens (including phenoxy) is 2. The van der Waals surface area contributed by atoms with Crippen molar-refractivity contribution in [2.45, 2.75) is 6.92 Å². The Bertz CT molecular complexity index is 1490. The summed E-state index contributed by atoms with van der Waals surface area (Å²) >= 11 is 0. The maximum atomic E-state index is 11.9. The number of imidazole rings is 1. The van der Waals surface area contributed by atoms with E-state index in [2.05, 4.69) is 15.0 Å². The molecule has 4 aromatic rings. The number of carbonyl (C=O) groups excluding carboxylic acids is 1. The lowest BCUT2D eigenvalue weighted by atomic mass is 10.1. The predicted molar refractivity (Wildman–Crippen MR) is 132 cm³/mol. The summed E-state index contributed by atoms with van der Waals surface area (Å²) in [6.07, 6.45) is 4.70. The molecule has 1 amide bonds. The van der Waals surface area contributed by atoms with E-state index >= 15 is 0 Å². The average Bonchev–Trinajstić information content (AvgIpc) is 3.21. The van der Waals surface area contributed by atoms with Crippen LogP contribution in [0.2, 0.25) is 0 Å². The van der Waals surface area contributed by atoms with Crippen molar-refractivity contribution in [2.75, 3.05) is 30.5 Å². The molecule has 9 nitrogen and oxygen atoms in total. The number of pyridine rings is 1. The lowest BCUT2D eigenvalue weighted by Crippen LogP contribution is -2.09. The topological polar surface area (TPSA) is 111 Å².